The van der Waals surface area contributed by atoms with Gasteiger partial charge in [0.05, 0.1) is 15.9 Å². The summed E-state index contributed by atoms with van der Waals surface area (Å²) < 4.78 is 32.4. The largest absolute Gasteiger partial charge is 0.744 e. The highest BCUT2D eigenvalue weighted by molar-refractivity contribution is 7.85. The zero-order chi connectivity index (χ0) is 10.3. The van der Waals surface area contributed by atoms with Gasteiger partial charge >= 0.3 is 0 Å². The molecule has 6 N–H and O–H groups in total. The fourth-order valence-electron chi connectivity index (χ4n) is 1.17. The number of nitrogens with one attached hydrogen (secondary N) is 2. The summed E-state index contributed by atoms with van der Waals surface area (Å²) in [4.78, 5) is 5.26. The van der Waals surface area contributed by atoms with Gasteiger partial charge in [0, 0.05) is 0 Å². The van der Waals surface area contributed by atoms with Crippen molar-refractivity contribution < 1.29 is 13.0 Å². The van der Waals surface area contributed by atoms with E-state index < -0.39 is 10.1 Å². The summed E-state index contributed by atoms with van der Waals surface area (Å²) in [6, 6.07) is 3.99. The van der Waals surface area contributed by atoms with Crippen molar-refractivity contribution >= 4 is 33.4 Å². The number of hydrogen-bond acceptors (Lipinski definition) is 4. The van der Waals surface area contributed by atoms with E-state index in [2.05, 4.69) is 9.97 Å². The van der Waals surface area contributed by atoms with Crippen LogP contribution in [0.5, 0.6) is 0 Å². The normalized spacial score (nSPS) is 11.3. The van der Waals surface area contributed by atoms with E-state index in [1.165, 1.54) is 18.2 Å². The first-order valence-corrected chi connectivity index (χ1v) is 5.46. The SMILES string of the molecule is O=S(=O)([O-])c1ccc2[nH]c(=S)[nH]c2c1.[NH4+]. The van der Waals surface area contributed by atoms with Gasteiger partial charge in [0.1, 0.15) is 10.1 Å². The second-order valence-electron chi connectivity index (χ2n) is 2.74. The van der Waals surface area contributed by atoms with Gasteiger partial charge in [-0.3, -0.25) is 0 Å². The minimum atomic E-state index is -4.40. The lowest BCUT2D eigenvalue weighted by atomic mass is 10.3. The summed E-state index contributed by atoms with van der Waals surface area (Å²) in [5, 5.41) is 0. The monoisotopic (exact) mass is 247 g/mol. The van der Waals surface area contributed by atoms with Crippen molar-refractivity contribution in [1.82, 2.24) is 16.1 Å². The minimum absolute atomic E-state index is 0. The molecule has 0 fully saturated rings. The average Bonchev–Trinajstić information content (AvgIpc) is 2.41. The van der Waals surface area contributed by atoms with Crippen LogP contribution in [0.15, 0.2) is 23.1 Å². The van der Waals surface area contributed by atoms with Crippen LogP contribution in [0.1, 0.15) is 0 Å². The molecule has 15 heavy (non-hydrogen) atoms. The van der Waals surface area contributed by atoms with Crippen LogP contribution in [0.4, 0.5) is 0 Å². The Bertz CT molecular complexity index is 641. The molecular weight excluding hydrogens is 238 g/mol. The summed E-state index contributed by atoms with van der Waals surface area (Å²) in [6.07, 6.45) is 0. The third-order valence-corrected chi connectivity index (χ3v) is 2.81. The van der Waals surface area contributed by atoms with Crippen molar-refractivity contribution in [3.05, 3.63) is 23.0 Å². The first kappa shape index (κ1) is 11.9. The van der Waals surface area contributed by atoms with Crippen LogP contribution >= 0.6 is 12.2 Å². The van der Waals surface area contributed by atoms with Gasteiger partial charge < -0.3 is 20.7 Å². The van der Waals surface area contributed by atoms with Gasteiger partial charge in [0.2, 0.25) is 0 Å². The predicted molar refractivity (Wildman–Crippen MR) is 57.4 cm³/mol. The Hall–Kier alpha value is -1.22. The number of aromatic amines is 2. The molecule has 1 heterocycles. The lowest BCUT2D eigenvalue weighted by Gasteiger charge is -2.05. The molecule has 82 valence electrons. The molecule has 0 radical (unpaired) electrons. The Labute approximate surface area is 90.7 Å². The maximum absolute atomic E-state index is 10.7. The maximum Gasteiger partial charge on any atom is 0.175 e. The van der Waals surface area contributed by atoms with E-state index in [1.807, 2.05) is 0 Å². The first-order valence-electron chi connectivity index (χ1n) is 3.65. The van der Waals surface area contributed by atoms with Crippen LogP contribution in [0.25, 0.3) is 11.0 Å². The highest BCUT2D eigenvalue weighted by Crippen LogP contribution is 2.15. The fraction of sp³-hybridized carbons (Fsp3) is 0. The summed E-state index contributed by atoms with van der Waals surface area (Å²) >= 11 is 4.81. The minimum Gasteiger partial charge on any atom is -0.744 e. The summed E-state index contributed by atoms with van der Waals surface area (Å²) in [6.45, 7) is 0. The Morgan fingerprint density at radius 1 is 1.20 bits per heavy atom. The number of fused-ring (bicyclic) bond motifs is 1. The highest BCUT2D eigenvalue weighted by Gasteiger charge is 2.03. The van der Waals surface area contributed by atoms with Crippen LogP contribution in [0, 0.1) is 4.77 Å². The van der Waals surface area contributed by atoms with Gasteiger partial charge in [-0.15, -0.1) is 0 Å². The van der Waals surface area contributed by atoms with Crippen molar-refractivity contribution in [3.8, 4) is 0 Å². The molecule has 0 saturated carbocycles. The van der Waals surface area contributed by atoms with Crippen LogP contribution in [0.2, 0.25) is 0 Å². The number of rotatable bonds is 1. The van der Waals surface area contributed by atoms with E-state index in [0.29, 0.717) is 15.8 Å². The summed E-state index contributed by atoms with van der Waals surface area (Å²) in [7, 11) is -4.40. The van der Waals surface area contributed by atoms with Gasteiger partial charge in [0.15, 0.2) is 4.77 Å². The molecule has 0 aliphatic rings. The van der Waals surface area contributed by atoms with Crippen molar-refractivity contribution in [2.24, 2.45) is 0 Å². The van der Waals surface area contributed by atoms with E-state index in [4.69, 9.17) is 12.2 Å². The van der Waals surface area contributed by atoms with Crippen LogP contribution in [-0.4, -0.2) is 22.9 Å². The van der Waals surface area contributed by atoms with Crippen LogP contribution in [0.3, 0.4) is 0 Å². The molecule has 0 saturated heterocycles. The van der Waals surface area contributed by atoms with Gasteiger partial charge in [-0.05, 0) is 30.4 Å². The second kappa shape index (κ2) is 3.74. The molecule has 1 aromatic carbocycles. The van der Waals surface area contributed by atoms with Gasteiger partial charge in [-0.25, -0.2) is 8.42 Å². The van der Waals surface area contributed by atoms with E-state index >= 15 is 0 Å². The number of aromatic nitrogens is 2. The Kier molecular flexibility index (Phi) is 2.95. The smallest absolute Gasteiger partial charge is 0.175 e. The zero-order valence-corrected chi connectivity index (χ0v) is 9.41. The number of H-pyrrole nitrogens is 2. The molecule has 0 bridgehead atoms. The molecule has 2 aromatic rings. The summed E-state index contributed by atoms with van der Waals surface area (Å²) in [5.41, 5.74) is 1.18. The van der Waals surface area contributed by atoms with E-state index in [1.54, 1.807) is 0 Å². The van der Waals surface area contributed by atoms with E-state index in [9.17, 15) is 13.0 Å². The molecule has 0 amide bonds. The highest BCUT2D eigenvalue weighted by atomic mass is 32.2. The van der Waals surface area contributed by atoms with E-state index in [0.717, 1.165) is 0 Å². The third-order valence-electron chi connectivity index (χ3n) is 1.78. The zero-order valence-electron chi connectivity index (χ0n) is 7.77. The van der Waals surface area contributed by atoms with Crippen molar-refractivity contribution in [2.45, 2.75) is 4.90 Å². The Morgan fingerprint density at radius 2 is 1.80 bits per heavy atom. The van der Waals surface area contributed by atoms with Crippen molar-refractivity contribution in [3.63, 3.8) is 0 Å². The topological polar surface area (TPSA) is 125 Å². The number of quaternary nitrogens is 1. The molecule has 0 aliphatic heterocycles. The Morgan fingerprint density at radius 3 is 2.40 bits per heavy atom. The average molecular weight is 247 g/mol. The molecule has 8 heteroatoms. The second-order valence-corrected chi connectivity index (χ2v) is 4.53. The molecule has 1 aromatic heterocycles. The Balaban J connectivity index is 0.00000112. The molecule has 0 aliphatic carbocycles. The molecule has 2 rings (SSSR count). The molecule has 0 spiro atoms. The van der Waals surface area contributed by atoms with Gasteiger partial charge in [0.25, 0.3) is 0 Å². The van der Waals surface area contributed by atoms with Gasteiger partial charge in [-0.2, -0.15) is 0 Å². The molecule has 0 unspecified atom stereocenters. The third kappa shape index (κ3) is 2.23. The standard InChI is InChI=1S/C7H6N2O3S2.H3N/c10-14(11,12)4-1-2-5-6(3-4)9-7(13)8-5;/h1-3H,(H2,8,9,13)(H,10,11,12);1H3. The van der Waals surface area contributed by atoms with Crippen LogP contribution < -0.4 is 6.15 Å². The summed E-state index contributed by atoms with van der Waals surface area (Å²) in [5.74, 6) is 0. The quantitative estimate of drug-likeness (QED) is 0.521. The van der Waals surface area contributed by atoms with Crippen molar-refractivity contribution in [1.29, 1.82) is 0 Å². The first-order chi connectivity index (χ1) is 6.47. The maximum atomic E-state index is 10.7. The predicted octanol–water partition coefficient (Wildman–Crippen LogP) is 1.51. The number of hydrogen-bond donors (Lipinski definition) is 3. The lowest BCUT2D eigenvalue weighted by molar-refractivity contribution is 0.463. The van der Waals surface area contributed by atoms with E-state index in [-0.39, 0.29) is 11.0 Å². The fourth-order valence-corrected chi connectivity index (χ4v) is 1.88. The molecule has 0 atom stereocenters. The van der Waals surface area contributed by atoms with Gasteiger partial charge in [-0.1, -0.05) is 0 Å². The number of benzene rings is 1. The van der Waals surface area contributed by atoms with Crippen LogP contribution in [-0.2, 0) is 10.1 Å². The number of imidazole rings is 1. The molecule has 6 nitrogen and oxygen atoms in total. The van der Waals surface area contributed by atoms with Crippen molar-refractivity contribution in [2.75, 3.05) is 0 Å². The molecular formula is C7H9N3O3S2. The lowest BCUT2D eigenvalue weighted by Crippen LogP contribution is -1.97.